The lowest BCUT2D eigenvalue weighted by Crippen LogP contribution is -2.17. The van der Waals surface area contributed by atoms with E-state index in [9.17, 15) is 4.79 Å². The van der Waals surface area contributed by atoms with Crippen molar-refractivity contribution >= 4 is 21.7 Å². The third-order valence-electron chi connectivity index (χ3n) is 3.71. The molecule has 1 nitrogen and oxygen atoms in total. The molecule has 0 amide bonds. The van der Waals surface area contributed by atoms with Gasteiger partial charge in [-0.25, -0.2) is 0 Å². The number of hydrogen-bond acceptors (Lipinski definition) is 1. The first-order valence-electron chi connectivity index (χ1n) is 7.45. The lowest BCUT2D eigenvalue weighted by Gasteiger charge is -2.15. The number of carbonyl (C=O) groups is 1. The number of benzene rings is 2. The third kappa shape index (κ3) is 4.53. The predicted octanol–water partition coefficient (Wildman–Crippen LogP) is 5.60. The van der Waals surface area contributed by atoms with Gasteiger partial charge in [0.15, 0.2) is 5.78 Å². The zero-order valence-corrected chi connectivity index (χ0v) is 14.2. The van der Waals surface area contributed by atoms with Gasteiger partial charge in [0.25, 0.3) is 0 Å². The van der Waals surface area contributed by atoms with Crippen LogP contribution in [-0.4, -0.2) is 5.78 Å². The van der Waals surface area contributed by atoms with Crippen LogP contribution < -0.4 is 0 Å². The fourth-order valence-electron chi connectivity index (χ4n) is 2.61. The summed E-state index contributed by atoms with van der Waals surface area (Å²) >= 11 is 3.45. The maximum Gasteiger partial charge on any atom is 0.166 e. The van der Waals surface area contributed by atoms with Crippen molar-refractivity contribution in [2.75, 3.05) is 0 Å². The van der Waals surface area contributed by atoms with Gasteiger partial charge < -0.3 is 0 Å². The summed E-state index contributed by atoms with van der Waals surface area (Å²) in [6.07, 6.45) is 2.77. The normalized spacial score (nSPS) is 12.1. The van der Waals surface area contributed by atoms with Gasteiger partial charge >= 0.3 is 0 Å². The van der Waals surface area contributed by atoms with Gasteiger partial charge in [0, 0.05) is 16.0 Å². The molecule has 1 unspecified atom stereocenters. The Hall–Kier alpha value is -1.41. The lowest BCUT2D eigenvalue weighted by atomic mass is 9.87. The second kappa shape index (κ2) is 7.56. The van der Waals surface area contributed by atoms with E-state index in [0.717, 1.165) is 34.9 Å². The first kappa shape index (κ1) is 16.0. The molecule has 0 saturated carbocycles. The summed E-state index contributed by atoms with van der Waals surface area (Å²) in [4.78, 5) is 12.7. The largest absolute Gasteiger partial charge is 0.294 e. The average molecular weight is 345 g/mol. The summed E-state index contributed by atoms with van der Waals surface area (Å²) < 4.78 is 1.07. The van der Waals surface area contributed by atoms with Gasteiger partial charge in [-0.15, -0.1) is 0 Å². The van der Waals surface area contributed by atoms with Crippen molar-refractivity contribution in [3.8, 4) is 0 Å². The molecule has 0 aliphatic rings. The Labute approximate surface area is 135 Å². The zero-order chi connectivity index (χ0) is 15.2. The molecular formula is C19H21BrO. The molecule has 21 heavy (non-hydrogen) atoms. The SMILES string of the molecule is CCCC(Cc1ccc(Br)cc1)C(=O)c1cccc(C)c1. The highest BCUT2D eigenvalue weighted by molar-refractivity contribution is 9.10. The van der Waals surface area contributed by atoms with E-state index in [2.05, 4.69) is 35.0 Å². The summed E-state index contributed by atoms with van der Waals surface area (Å²) in [6, 6.07) is 16.2. The maximum atomic E-state index is 12.7. The maximum absolute atomic E-state index is 12.7. The number of halogens is 1. The number of carbonyl (C=O) groups excluding carboxylic acids is 1. The van der Waals surface area contributed by atoms with E-state index >= 15 is 0 Å². The van der Waals surface area contributed by atoms with Crippen LogP contribution in [0.2, 0.25) is 0 Å². The van der Waals surface area contributed by atoms with Crippen LogP contribution in [0.3, 0.4) is 0 Å². The van der Waals surface area contributed by atoms with Crippen molar-refractivity contribution in [1.82, 2.24) is 0 Å². The van der Waals surface area contributed by atoms with Gasteiger partial charge in [0.1, 0.15) is 0 Å². The van der Waals surface area contributed by atoms with Crippen molar-refractivity contribution in [3.63, 3.8) is 0 Å². The lowest BCUT2D eigenvalue weighted by molar-refractivity contribution is 0.0911. The predicted molar refractivity (Wildman–Crippen MR) is 91.8 cm³/mol. The van der Waals surface area contributed by atoms with Crippen LogP contribution in [0, 0.1) is 12.8 Å². The molecular weight excluding hydrogens is 324 g/mol. The molecule has 2 aromatic carbocycles. The highest BCUT2D eigenvalue weighted by atomic mass is 79.9. The monoisotopic (exact) mass is 344 g/mol. The van der Waals surface area contributed by atoms with Crippen molar-refractivity contribution in [2.45, 2.75) is 33.1 Å². The van der Waals surface area contributed by atoms with Crippen LogP contribution in [0.1, 0.15) is 41.3 Å². The molecule has 0 saturated heterocycles. The smallest absolute Gasteiger partial charge is 0.166 e. The zero-order valence-electron chi connectivity index (χ0n) is 12.6. The Kier molecular flexibility index (Phi) is 5.75. The van der Waals surface area contributed by atoms with Crippen molar-refractivity contribution in [3.05, 3.63) is 69.7 Å². The Morgan fingerprint density at radius 1 is 1.14 bits per heavy atom. The summed E-state index contributed by atoms with van der Waals surface area (Å²) in [6.45, 7) is 4.17. The Balaban J connectivity index is 2.18. The van der Waals surface area contributed by atoms with Gasteiger partial charge in [-0.3, -0.25) is 4.79 Å². The molecule has 0 spiro atoms. The minimum absolute atomic E-state index is 0.0676. The van der Waals surface area contributed by atoms with E-state index in [0.29, 0.717) is 0 Å². The highest BCUT2D eigenvalue weighted by Gasteiger charge is 2.19. The molecule has 0 radical (unpaired) electrons. The summed E-state index contributed by atoms with van der Waals surface area (Å²) in [5, 5.41) is 0. The molecule has 2 rings (SSSR count). The molecule has 0 fully saturated rings. The van der Waals surface area contributed by atoms with Gasteiger partial charge in [0.05, 0.1) is 0 Å². The van der Waals surface area contributed by atoms with E-state index in [-0.39, 0.29) is 11.7 Å². The van der Waals surface area contributed by atoms with Crippen LogP contribution in [0.4, 0.5) is 0 Å². The molecule has 110 valence electrons. The number of hydrogen-bond donors (Lipinski definition) is 0. The van der Waals surface area contributed by atoms with Crippen LogP contribution in [-0.2, 0) is 6.42 Å². The van der Waals surface area contributed by atoms with E-state index < -0.39 is 0 Å². The Bertz CT molecular complexity index is 601. The van der Waals surface area contributed by atoms with E-state index in [4.69, 9.17) is 0 Å². The average Bonchev–Trinajstić information content (AvgIpc) is 2.48. The Morgan fingerprint density at radius 2 is 1.86 bits per heavy atom. The summed E-state index contributed by atoms with van der Waals surface area (Å²) in [7, 11) is 0. The van der Waals surface area contributed by atoms with E-state index in [1.807, 2.05) is 43.3 Å². The fourth-order valence-corrected chi connectivity index (χ4v) is 2.88. The van der Waals surface area contributed by atoms with Gasteiger partial charge in [0.2, 0.25) is 0 Å². The second-order valence-electron chi connectivity index (χ2n) is 5.55. The molecule has 0 aliphatic heterocycles. The quantitative estimate of drug-likeness (QED) is 0.623. The minimum atomic E-state index is 0.0676. The number of rotatable bonds is 6. The first-order chi connectivity index (χ1) is 10.1. The van der Waals surface area contributed by atoms with Crippen LogP contribution >= 0.6 is 15.9 Å². The topological polar surface area (TPSA) is 17.1 Å². The molecule has 0 bridgehead atoms. The molecule has 0 N–H and O–H groups in total. The number of ketones is 1. The van der Waals surface area contributed by atoms with E-state index in [1.165, 1.54) is 5.56 Å². The van der Waals surface area contributed by atoms with Crippen LogP contribution in [0.5, 0.6) is 0 Å². The molecule has 2 heteroatoms. The van der Waals surface area contributed by atoms with Gasteiger partial charge in [-0.05, 0) is 43.5 Å². The number of Topliss-reactive ketones (excluding diaryl/α,β-unsaturated/α-hetero) is 1. The molecule has 0 aliphatic carbocycles. The number of aryl methyl sites for hydroxylation is 1. The van der Waals surface area contributed by atoms with E-state index in [1.54, 1.807) is 0 Å². The highest BCUT2D eigenvalue weighted by Crippen LogP contribution is 2.21. The van der Waals surface area contributed by atoms with Gasteiger partial charge in [-0.1, -0.05) is 65.2 Å². The summed E-state index contributed by atoms with van der Waals surface area (Å²) in [5.74, 6) is 0.335. The molecule has 2 aromatic rings. The van der Waals surface area contributed by atoms with Crippen LogP contribution in [0.25, 0.3) is 0 Å². The molecule has 1 atom stereocenters. The van der Waals surface area contributed by atoms with Gasteiger partial charge in [-0.2, -0.15) is 0 Å². The Morgan fingerprint density at radius 3 is 2.48 bits per heavy atom. The van der Waals surface area contributed by atoms with Crippen LogP contribution in [0.15, 0.2) is 53.0 Å². The van der Waals surface area contributed by atoms with Crippen molar-refractivity contribution in [1.29, 1.82) is 0 Å². The van der Waals surface area contributed by atoms with Crippen molar-refractivity contribution in [2.24, 2.45) is 5.92 Å². The standard InChI is InChI=1S/C19H21BrO/c1-3-5-16(13-15-8-10-18(20)11-9-15)19(21)17-7-4-6-14(2)12-17/h4,6-12,16H,3,5,13H2,1-2H3. The molecule has 0 aromatic heterocycles. The fraction of sp³-hybridized carbons (Fsp3) is 0.316. The third-order valence-corrected chi connectivity index (χ3v) is 4.23. The van der Waals surface area contributed by atoms with Crippen molar-refractivity contribution < 1.29 is 4.79 Å². The second-order valence-corrected chi connectivity index (χ2v) is 6.47. The minimum Gasteiger partial charge on any atom is -0.294 e. The summed E-state index contributed by atoms with van der Waals surface area (Å²) in [5.41, 5.74) is 3.20. The first-order valence-corrected chi connectivity index (χ1v) is 8.24. The molecule has 0 heterocycles.